The molecule has 3 rings (SSSR count). The van der Waals surface area contributed by atoms with E-state index in [9.17, 15) is 18.0 Å². The van der Waals surface area contributed by atoms with Gasteiger partial charge in [-0.3, -0.25) is 14.5 Å². The third-order valence-electron chi connectivity index (χ3n) is 6.90. The molecule has 8 heteroatoms. The van der Waals surface area contributed by atoms with Gasteiger partial charge in [0.05, 0.1) is 24.3 Å². The lowest BCUT2D eigenvalue weighted by molar-refractivity contribution is -0.131. The third-order valence-corrected chi connectivity index (χ3v) is 8.07. The van der Waals surface area contributed by atoms with Gasteiger partial charge >= 0.3 is 0 Å². The van der Waals surface area contributed by atoms with Crippen molar-refractivity contribution in [1.82, 2.24) is 14.1 Å². The number of likely N-dealkylation sites (tertiary alicyclic amines) is 2. The SMILES string of the molecule is CC(C)[C@H]1C(=O)N(S(C)(=O)=O)[C@H]2CCN(C(=O)C=CCN3C(C)CCCC3C)[C@H]12. The van der Waals surface area contributed by atoms with E-state index < -0.39 is 22.0 Å². The van der Waals surface area contributed by atoms with Crippen molar-refractivity contribution in [2.75, 3.05) is 19.3 Å². The van der Waals surface area contributed by atoms with Gasteiger partial charge in [0.25, 0.3) is 0 Å². The first-order valence-electron chi connectivity index (χ1n) is 10.8. The molecule has 0 aromatic rings. The Morgan fingerprint density at radius 3 is 2.34 bits per heavy atom. The van der Waals surface area contributed by atoms with Crippen molar-refractivity contribution in [3.8, 4) is 0 Å². The molecule has 0 aromatic carbocycles. The topological polar surface area (TPSA) is 78.0 Å². The van der Waals surface area contributed by atoms with Crippen LogP contribution in [0.15, 0.2) is 12.2 Å². The Balaban J connectivity index is 1.74. The highest BCUT2D eigenvalue weighted by atomic mass is 32.2. The average molecular weight is 426 g/mol. The lowest BCUT2D eigenvalue weighted by Crippen LogP contribution is -2.44. The lowest BCUT2D eigenvalue weighted by Gasteiger charge is -2.38. The lowest BCUT2D eigenvalue weighted by atomic mass is 9.88. The van der Waals surface area contributed by atoms with Gasteiger partial charge in [0.15, 0.2) is 0 Å². The Kier molecular flexibility index (Phi) is 6.44. The van der Waals surface area contributed by atoms with Crippen LogP contribution in [0.5, 0.6) is 0 Å². The quantitative estimate of drug-likeness (QED) is 0.628. The fraction of sp³-hybridized carbons (Fsp3) is 0.810. The van der Waals surface area contributed by atoms with Crippen molar-refractivity contribution >= 4 is 21.8 Å². The Morgan fingerprint density at radius 1 is 1.17 bits per heavy atom. The zero-order chi connectivity index (χ0) is 21.5. The Bertz CT molecular complexity index is 769. The molecule has 0 aliphatic carbocycles. The number of nitrogens with zero attached hydrogens (tertiary/aromatic N) is 3. The van der Waals surface area contributed by atoms with Gasteiger partial charge in [-0.25, -0.2) is 12.7 Å². The number of rotatable bonds is 5. The first-order valence-corrected chi connectivity index (χ1v) is 12.6. The highest BCUT2D eigenvalue weighted by Crippen LogP contribution is 2.41. The van der Waals surface area contributed by atoms with Crippen molar-refractivity contribution in [3.63, 3.8) is 0 Å². The van der Waals surface area contributed by atoms with Crippen LogP contribution >= 0.6 is 0 Å². The molecule has 0 spiro atoms. The molecule has 0 N–H and O–H groups in total. The molecule has 0 saturated carbocycles. The predicted octanol–water partition coefficient (Wildman–Crippen LogP) is 1.85. The fourth-order valence-corrected chi connectivity index (χ4v) is 6.67. The van der Waals surface area contributed by atoms with E-state index in [4.69, 9.17) is 0 Å². The minimum absolute atomic E-state index is 0.0332. The minimum atomic E-state index is -3.64. The minimum Gasteiger partial charge on any atom is -0.333 e. The molecule has 3 fully saturated rings. The number of carbonyl (C=O) groups is 2. The molecule has 0 aromatic heterocycles. The number of hydrogen-bond acceptors (Lipinski definition) is 5. The highest BCUT2D eigenvalue weighted by molar-refractivity contribution is 7.88. The molecule has 29 heavy (non-hydrogen) atoms. The molecular weight excluding hydrogens is 390 g/mol. The number of fused-ring (bicyclic) bond motifs is 1. The second-order valence-corrected chi connectivity index (χ2v) is 11.1. The number of hydrogen-bond donors (Lipinski definition) is 0. The summed E-state index contributed by atoms with van der Waals surface area (Å²) < 4.78 is 25.5. The molecule has 0 radical (unpaired) electrons. The van der Waals surface area contributed by atoms with Crippen LogP contribution in [0, 0.1) is 11.8 Å². The zero-order valence-electron chi connectivity index (χ0n) is 18.2. The number of carbonyl (C=O) groups excluding carboxylic acids is 2. The molecule has 2 unspecified atom stereocenters. The molecule has 164 valence electrons. The van der Waals surface area contributed by atoms with Crippen LogP contribution in [0.4, 0.5) is 0 Å². The van der Waals surface area contributed by atoms with E-state index in [0.29, 0.717) is 25.0 Å². The van der Waals surface area contributed by atoms with E-state index in [-0.39, 0.29) is 23.8 Å². The number of sulfonamides is 1. The third kappa shape index (κ3) is 4.24. The summed E-state index contributed by atoms with van der Waals surface area (Å²) in [7, 11) is -3.64. The van der Waals surface area contributed by atoms with Gasteiger partial charge in [0.2, 0.25) is 21.8 Å². The van der Waals surface area contributed by atoms with Crippen LogP contribution in [-0.4, -0.2) is 77.8 Å². The van der Waals surface area contributed by atoms with Crippen molar-refractivity contribution in [1.29, 1.82) is 0 Å². The van der Waals surface area contributed by atoms with Gasteiger partial charge in [0, 0.05) is 31.2 Å². The molecule has 0 bridgehead atoms. The monoisotopic (exact) mass is 425 g/mol. The Morgan fingerprint density at radius 2 is 1.79 bits per heavy atom. The van der Waals surface area contributed by atoms with Gasteiger partial charge < -0.3 is 4.90 Å². The second kappa shape index (κ2) is 8.38. The number of piperidine rings is 1. The van der Waals surface area contributed by atoms with Crippen molar-refractivity contribution in [3.05, 3.63) is 12.2 Å². The summed E-state index contributed by atoms with van der Waals surface area (Å²) >= 11 is 0. The summed E-state index contributed by atoms with van der Waals surface area (Å²) in [4.78, 5) is 30.0. The fourth-order valence-electron chi connectivity index (χ4n) is 5.50. The van der Waals surface area contributed by atoms with Gasteiger partial charge in [-0.2, -0.15) is 0 Å². The van der Waals surface area contributed by atoms with Gasteiger partial charge in [0.1, 0.15) is 0 Å². The Labute approximate surface area is 175 Å². The summed E-state index contributed by atoms with van der Waals surface area (Å²) in [5, 5.41) is 0. The first kappa shape index (κ1) is 22.3. The van der Waals surface area contributed by atoms with Crippen LogP contribution in [0.2, 0.25) is 0 Å². The molecule has 3 aliphatic heterocycles. The van der Waals surface area contributed by atoms with E-state index in [0.717, 1.165) is 17.1 Å². The van der Waals surface area contributed by atoms with Crippen molar-refractivity contribution < 1.29 is 18.0 Å². The normalized spacial score (nSPS) is 33.9. The second-order valence-electron chi connectivity index (χ2n) is 9.27. The molecule has 5 atom stereocenters. The summed E-state index contributed by atoms with van der Waals surface area (Å²) in [6.07, 6.45) is 8.73. The van der Waals surface area contributed by atoms with Gasteiger partial charge in [-0.15, -0.1) is 0 Å². The summed E-state index contributed by atoms with van der Waals surface area (Å²) in [6, 6.07) is 0.207. The maximum absolute atomic E-state index is 13.0. The van der Waals surface area contributed by atoms with E-state index >= 15 is 0 Å². The summed E-state index contributed by atoms with van der Waals surface area (Å²) in [6.45, 7) is 9.51. The van der Waals surface area contributed by atoms with Crippen molar-refractivity contribution in [2.45, 2.75) is 77.5 Å². The van der Waals surface area contributed by atoms with Crippen LogP contribution in [0.25, 0.3) is 0 Å². The van der Waals surface area contributed by atoms with Gasteiger partial charge in [-0.05, 0) is 39.0 Å². The summed E-state index contributed by atoms with van der Waals surface area (Å²) in [5.74, 6) is -0.996. The van der Waals surface area contributed by atoms with Crippen LogP contribution < -0.4 is 0 Å². The number of amides is 2. The maximum atomic E-state index is 13.0. The molecule has 2 amide bonds. The van der Waals surface area contributed by atoms with Crippen LogP contribution in [0.3, 0.4) is 0 Å². The largest absolute Gasteiger partial charge is 0.333 e. The average Bonchev–Trinajstić information content (AvgIpc) is 3.12. The predicted molar refractivity (Wildman–Crippen MR) is 113 cm³/mol. The smallest absolute Gasteiger partial charge is 0.246 e. The zero-order valence-corrected chi connectivity index (χ0v) is 19.1. The molecular formula is C21H35N3O4S. The molecule has 7 nitrogen and oxygen atoms in total. The van der Waals surface area contributed by atoms with Crippen molar-refractivity contribution in [2.24, 2.45) is 11.8 Å². The Hall–Kier alpha value is -1.41. The molecule has 3 saturated heterocycles. The van der Waals surface area contributed by atoms with Gasteiger partial charge in [-0.1, -0.05) is 26.3 Å². The maximum Gasteiger partial charge on any atom is 0.246 e. The molecule has 3 aliphatic rings. The van der Waals surface area contributed by atoms with E-state index in [2.05, 4.69) is 18.7 Å². The van der Waals surface area contributed by atoms with E-state index in [1.165, 1.54) is 19.3 Å². The standard InChI is InChI=1S/C21H35N3O4S/c1-14(2)19-20-17(24(21(19)26)29(5,27)28)11-13-23(20)18(25)10-7-12-22-15(3)8-6-9-16(22)4/h7,10,14-17,19-20H,6,8-9,11-13H2,1-5H3/t15?,16?,17-,19+,20-/m0/s1. The highest BCUT2D eigenvalue weighted by Gasteiger charge is 2.58. The first-order chi connectivity index (χ1) is 13.5. The van der Waals surface area contributed by atoms with Crippen LogP contribution in [0.1, 0.15) is 53.4 Å². The van der Waals surface area contributed by atoms with E-state index in [1.807, 2.05) is 19.9 Å². The van der Waals surface area contributed by atoms with Crippen LogP contribution in [-0.2, 0) is 19.6 Å². The summed E-state index contributed by atoms with van der Waals surface area (Å²) in [5.41, 5.74) is 0. The van der Waals surface area contributed by atoms with E-state index in [1.54, 1.807) is 11.0 Å². The molecule has 3 heterocycles.